The number of aryl methyl sites for hydroxylation is 1. The molecule has 0 spiro atoms. The summed E-state index contributed by atoms with van der Waals surface area (Å²) in [6, 6.07) is 17.1. The highest BCUT2D eigenvalue weighted by Gasteiger charge is 2.32. The highest BCUT2D eigenvalue weighted by atomic mass is 31.2. The van der Waals surface area contributed by atoms with Gasteiger partial charge in [-0.05, 0) is 56.0 Å². The number of hydrogen-bond acceptors (Lipinski definition) is 5. The van der Waals surface area contributed by atoms with E-state index in [1.165, 1.54) is 12.5 Å². The van der Waals surface area contributed by atoms with E-state index >= 15 is 0 Å². The molecule has 0 fully saturated rings. The zero-order valence-electron chi connectivity index (χ0n) is 16.3. The zero-order valence-corrected chi connectivity index (χ0v) is 17.2. The Kier molecular flexibility index (Phi) is 8.37. The first-order valence-electron chi connectivity index (χ1n) is 9.23. The van der Waals surface area contributed by atoms with Gasteiger partial charge in [0, 0.05) is 5.69 Å². The predicted octanol–water partition coefficient (Wildman–Crippen LogP) is 2.85. The van der Waals surface area contributed by atoms with E-state index in [2.05, 4.69) is 22.0 Å². The van der Waals surface area contributed by atoms with Crippen molar-refractivity contribution in [1.29, 1.82) is 0 Å². The van der Waals surface area contributed by atoms with Gasteiger partial charge in [0.2, 0.25) is 5.91 Å². The summed E-state index contributed by atoms with van der Waals surface area (Å²) in [5.74, 6) is 0.0589. The van der Waals surface area contributed by atoms with Crippen LogP contribution in [-0.4, -0.2) is 34.4 Å². The van der Waals surface area contributed by atoms with Crippen molar-refractivity contribution in [2.45, 2.75) is 31.7 Å². The fourth-order valence-corrected chi connectivity index (χ4v) is 2.89. The summed E-state index contributed by atoms with van der Waals surface area (Å²) in [5, 5.41) is 2.59. The van der Waals surface area contributed by atoms with E-state index in [-0.39, 0.29) is 0 Å². The Morgan fingerprint density at radius 3 is 2.38 bits per heavy atom. The summed E-state index contributed by atoms with van der Waals surface area (Å²) in [6.07, 6.45) is 2.97. The summed E-state index contributed by atoms with van der Waals surface area (Å²) < 4.78 is 20.8. The van der Waals surface area contributed by atoms with Gasteiger partial charge in [0.1, 0.15) is 11.3 Å². The van der Waals surface area contributed by atoms with Crippen molar-refractivity contribution in [3.8, 4) is 5.75 Å². The molecule has 2 rings (SSSR count). The largest absolute Gasteiger partial charge is 0.494 e. The lowest BCUT2D eigenvalue weighted by Crippen LogP contribution is -2.52. The first-order valence-corrected chi connectivity index (χ1v) is 10.8. The van der Waals surface area contributed by atoms with Crippen LogP contribution < -0.4 is 15.8 Å². The van der Waals surface area contributed by atoms with Gasteiger partial charge in [0.15, 0.2) is 0 Å². The molecule has 0 aliphatic carbocycles. The lowest BCUT2D eigenvalue weighted by Gasteiger charge is -2.23. The standard InChI is InChI=1S/C20H27N2O6P/c1-20(21,15-28-29(24,25)26)19(23)22-17-10-12-18(13-11-17)27-14-6-5-9-16-7-3-2-4-8-16/h2-4,7-8,10-13H,5-6,9,14-15,21H2,1H3,(H,22,23)(H2,24,25,26). The van der Waals surface area contributed by atoms with Gasteiger partial charge < -0.3 is 25.6 Å². The summed E-state index contributed by atoms with van der Waals surface area (Å²) in [6.45, 7) is 1.30. The Labute approximate surface area is 170 Å². The van der Waals surface area contributed by atoms with Crippen molar-refractivity contribution in [3.05, 3.63) is 60.2 Å². The SMILES string of the molecule is CC(N)(COP(=O)(O)O)C(=O)Nc1ccc(OCCCCc2ccccc2)cc1. The molecule has 0 aromatic heterocycles. The van der Waals surface area contributed by atoms with Crippen LogP contribution >= 0.6 is 7.82 Å². The van der Waals surface area contributed by atoms with Crippen LogP contribution in [0, 0.1) is 0 Å². The molecule has 0 aliphatic heterocycles. The smallest absolute Gasteiger partial charge is 0.469 e. The Balaban J connectivity index is 1.73. The van der Waals surface area contributed by atoms with E-state index in [0.29, 0.717) is 18.0 Å². The second-order valence-corrected chi connectivity index (χ2v) is 8.19. The molecule has 0 bridgehead atoms. The van der Waals surface area contributed by atoms with E-state index in [4.69, 9.17) is 20.3 Å². The molecule has 0 aliphatic rings. The monoisotopic (exact) mass is 422 g/mol. The third-order valence-corrected chi connectivity index (χ3v) is 4.60. The van der Waals surface area contributed by atoms with Crippen LogP contribution in [0.2, 0.25) is 0 Å². The number of amides is 1. The van der Waals surface area contributed by atoms with E-state index in [9.17, 15) is 9.36 Å². The number of anilines is 1. The van der Waals surface area contributed by atoms with Gasteiger partial charge in [-0.25, -0.2) is 4.57 Å². The summed E-state index contributed by atoms with van der Waals surface area (Å²) in [5.41, 5.74) is 5.97. The molecule has 0 radical (unpaired) electrons. The number of rotatable bonds is 11. The number of carbonyl (C=O) groups is 1. The van der Waals surface area contributed by atoms with E-state index in [1.54, 1.807) is 24.3 Å². The third-order valence-electron chi connectivity index (χ3n) is 4.13. The highest BCUT2D eigenvalue weighted by Crippen LogP contribution is 2.36. The molecule has 8 nitrogen and oxygen atoms in total. The molecule has 2 aromatic carbocycles. The van der Waals surface area contributed by atoms with Gasteiger partial charge in [-0.2, -0.15) is 0 Å². The van der Waals surface area contributed by atoms with Crippen molar-refractivity contribution < 1.29 is 28.4 Å². The second-order valence-electron chi connectivity index (χ2n) is 6.95. The van der Waals surface area contributed by atoms with Gasteiger partial charge in [-0.3, -0.25) is 9.32 Å². The number of benzene rings is 2. The number of nitrogens with two attached hydrogens (primary N) is 1. The first kappa shape index (κ1) is 23.1. The number of hydrogen-bond donors (Lipinski definition) is 4. The van der Waals surface area contributed by atoms with Crippen molar-refractivity contribution in [3.63, 3.8) is 0 Å². The van der Waals surface area contributed by atoms with Crippen LogP contribution in [-0.2, 0) is 20.3 Å². The van der Waals surface area contributed by atoms with E-state index in [1.807, 2.05) is 18.2 Å². The van der Waals surface area contributed by atoms with Crippen molar-refractivity contribution in [2.75, 3.05) is 18.5 Å². The Bertz CT molecular complexity index is 821. The molecule has 0 heterocycles. The lowest BCUT2D eigenvalue weighted by atomic mass is 10.0. The molecule has 158 valence electrons. The highest BCUT2D eigenvalue weighted by molar-refractivity contribution is 7.46. The molecule has 1 amide bonds. The van der Waals surface area contributed by atoms with Crippen LogP contribution in [0.1, 0.15) is 25.3 Å². The number of ether oxygens (including phenoxy) is 1. The van der Waals surface area contributed by atoms with Gasteiger partial charge >= 0.3 is 7.82 Å². The average Bonchev–Trinajstić information content (AvgIpc) is 2.68. The molecular weight excluding hydrogens is 395 g/mol. The molecule has 0 saturated heterocycles. The average molecular weight is 422 g/mol. The second kappa shape index (κ2) is 10.5. The third kappa shape index (κ3) is 8.77. The molecule has 9 heteroatoms. The van der Waals surface area contributed by atoms with Crippen LogP contribution in [0.5, 0.6) is 5.75 Å². The van der Waals surface area contributed by atoms with Crippen LogP contribution in [0.15, 0.2) is 54.6 Å². The van der Waals surface area contributed by atoms with Crippen LogP contribution in [0.4, 0.5) is 5.69 Å². The van der Waals surface area contributed by atoms with Gasteiger partial charge in [0.05, 0.1) is 13.2 Å². The predicted molar refractivity (Wildman–Crippen MR) is 111 cm³/mol. The maximum absolute atomic E-state index is 12.2. The zero-order chi connectivity index (χ0) is 21.3. The normalized spacial score (nSPS) is 13.5. The van der Waals surface area contributed by atoms with Gasteiger partial charge in [-0.15, -0.1) is 0 Å². The quantitative estimate of drug-likeness (QED) is 0.323. The Morgan fingerprint density at radius 1 is 1.10 bits per heavy atom. The molecule has 1 atom stereocenters. The van der Waals surface area contributed by atoms with Gasteiger partial charge in [0.25, 0.3) is 0 Å². The first-order chi connectivity index (χ1) is 13.7. The molecule has 0 saturated carbocycles. The number of phosphoric ester groups is 1. The molecule has 29 heavy (non-hydrogen) atoms. The molecule has 2 aromatic rings. The summed E-state index contributed by atoms with van der Waals surface area (Å²) in [7, 11) is -4.70. The van der Waals surface area contributed by atoms with Crippen molar-refractivity contribution >= 4 is 19.4 Å². The van der Waals surface area contributed by atoms with E-state index < -0.39 is 25.9 Å². The lowest BCUT2D eigenvalue weighted by molar-refractivity contribution is -0.121. The van der Waals surface area contributed by atoms with Crippen molar-refractivity contribution in [2.24, 2.45) is 5.73 Å². The maximum Gasteiger partial charge on any atom is 0.469 e. The molecular formula is C20H27N2O6P. The minimum Gasteiger partial charge on any atom is -0.494 e. The summed E-state index contributed by atoms with van der Waals surface area (Å²) >= 11 is 0. The van der Waals surface area contributed by atoms with E-state index in [0.717, 1.165) is 19.3 Å². The number of phosphoric acid groups is 1. The molecule has 1 unspecified atom stereocenters. The summed E-state index contributed by atoms with van der Waals surface area (Å²) in [4.78, 5) is 29.7. The maximum atomic E-state index is 12.2. The minimum absolute atomic E-state index is 0.485. The van der Waals surface area contributed by atoms with Crippen molar-refractivity contribution in [1.82, 2.24) is 0 Å². The van der Waals surface area contributed by atoms with Gasteiger partial charge in [-0.1, -0.05) is 30.3 Å². The molecule has 5 N–H and O–H groups in total. The topological polar surface area (TPSA) is 131 Å². The number of nitrogens with one attached hydrogen (secondary N) is 1. The fraction of sp³-hybridized carbons (Fsp3) is 0.350. The Morgan fingerprint density at radius 2 is 1.76 bits per heavy atom. The van der Waals surface area contributed by atoms with Crippen LogP contribution in [0.25, 0.3) is 0 Å². The Hall–Kier alpha value is -2.22. The minimum atomic E-state index is -4.70. The number of unbranched alkanes of at least 4 members (excludes halogenated alkanes) is 1. The fourth-order valence-electron chi connectivity index (χ4n) is 2.46. The number of carbonyl (C=O) groups excluding carboxylic acids is 1. The van der Waals surface area contributed by atoms with Crippen LogP contribution in [0.3, 0.4) is 0 Å².